The summed E-state index contributed by atoms with van der Waals surface area (Å²) in [5.41, 5.74) is 0.697. The molecule has 0 aliphatic carbocycles. The molecular formula is C19H23N7O5S. The Morgan fingerprint density at radius 1 is 1.31 bits per heavy atom. The van der Waals surface area contributed by atoms with E-state index in [4.69, 9.17) is 19.1 Å². The SMILES string of the molecule is CCCSc1nc(N2CCOCC2)c2cnn(CCNC(=O)c3ccc([N+](=O)[O-])o3)c2n1. The highest BCUT2D eigenvalue weighted by Gasteiger charge is 2.21. The van der Waals surface area contributed by atoms with Crippen molar-refractivity contribution in [1.82, 2.24) is 25.1 Å². The van der Waals surface area contributed by atoms with Gasteiger partial charge in [-0.2, -0.15) is 5.10 Å². The highest BCUT2D eigenvalue weighted by atomic mass is 32.2. The number of rotatable bonds is 9. The van der Waals surface area contributed by atoms with Crippen LogP contribution in [0.3, 0.4) is 0 Å². The molecule has 3 aromatic heterocycles. The first-order valence-electron chi connectivity index (χ1n) is 10.3. The molecule has 0 spiro atoms. The van der Waals surface area contributed by atoms with Crippen LogP contribution < -0.4 is 10.2 Å². The predicted octanol–water partition coefficient (Wildman–Crippen LogP) is 2.10. The molecule has 3 aromatic rings. The highest BCUT2D eigenvalue weighted by Crippen LogP contribution is 2.28. The Morgan fingerprint density at radius 2 is 2.12 bits per heavy atom. The average Bonchev–Trinajstić information content (AvgIpc) is 3.46. The minimum Gasteiger partial charge on any atom is -0.395 e. The fourth-order valence-electron chi connectivity index (χ4n) is 3.27. The van der Waals surface area contributed by atoms with Crippen LogP contribution >= 0.6 is 11.8 Å². The van der Waals surface area contributed by atoms with Gasteiger partial charge in [0.05, 0.1) is 37.4 Å². The smallest absolute Gasteiger partial charge is 0.395 e. The molecule has 1 N–H and O–H groups in total. The quantitative estimate of drug-likeness (QED) is 0.218. The van der Waals surface area contributed by atoms with Gasteiger partial charge in [0.15, 0.2) is 16.6 Å². The minimum absolute atomic E-state index is 0.114. The first-order chi connectivity index (χ1) is 15.6. The first kappa shape index (κ1) is 22.0. The molecule has 1 fully saturated rings. The number of nitrogens with zero attached hydrogens (tertiary/aromatic N) is 6. The van der Waals surface area contributed by atoms with Crippen LogP contribution in [0.25, 0.3) is 11.0 Å². The standard InChI is InChI=1S/C19H23N7O5S/c1-2-11-32-19-22-16(24-7-9-30-10-8-24)13-12-21-25(17(13)23-19)6-5-20-18(27)14-3-4-15(31-14)26(28)29/h3-4,12H,2,5-11H2,1H3,(H,20,27). The molecule has 0 atom stereocenters. The fraction of sp³-hybridized carbons (Fsp3) is 0.474. The number of nitro groups is 1. The molecule has 4 rings (SSSR count). The number of hydrogen-bond acceptors (Lipinski definition) is 10. The summed E-state index contributed by atoms with van der Waals surface area (Å²) in [5.74, 6) is 0.635. The van der Waals surface area contributed by atoms with Crippen LogP contribution in [0.4, 0.5) is 11.7 Å². The predicted molar refractivity (Wildman–Crippen MR) is 117 cm³/mol. The van der Waals surface area contributed by atoms with Crippen molar-refractivity contribution in [3.05, 3.63) is 34.2 Å². The van der Waals surface area contributed by atoms with Gasteiger partial charge in [-0.15, -0.1) is 0 Å². The molecular weight excluding hydrogens is 438 g/mol. The van der Waals surface area contributed by atoms with Crippen LogP contribution in [0.15, 0.2) is 27.9 Å². The van der Waals surface area contributed by atoms with E-state index < -0.39 is 16.7 Å². The van der Waals surface area contributed by atoms with E-state index in [9.17, 15) is 14.9 Å². The Kier molecular flexibility index (Phi) is 6.85. The molecule has 1 aliphatic heterocycles. The topological polar surface area (TPSA) is 141 Å². The Labute approximate surface area is 187 Å². The van der Waals surface area contributed by atoms with Crippen LogP contribution in [-0.2, 0) is 11.3 Å². The fourth-order valence-corrected chi connectivity index (χ4v) is 3.96. The Morgan fingerprint density at radius 3 is 2.84 bits per heavy atom. The van der Waals surface area contributed by atoms with Gasteiger partial charge in [-0.1, -0.05) is 18.7 Å². The molecule has 0 aromatic carbocycles. The summed E-state index contributed by atoms with van der Waals surface area (Å²) in [6.45, 7) is 5.52. The normalized spacial score (nSPS) is 14.1. The Balaban J connectivity index is 1.50. The second kappa shape index (κ2) is 9.96. The summed E-state index contributed by atoms with van der Waals surface area (Å²) in [7, 11) is 0. The van der Waals surface area contributed by atoms with Crippen molar-refractivity contribution in [1.29, 1.82) is 0 Å². The van der Waals surface area contributed by atoms with Gasteiger partial charge in [0, 0.05) is 25.4 Å². The third kappa shape index (κ3) is 4.83. The monoisotopic (exact) mass is 461 g/mol. The van der Waals surface area contributed by atoms with Gasteiger partial charge in [0.25, 0.3) is 5.91 Å². The number of amides is 1. The van der Waals surface area contributed by atoms with E-state index in [1.165, 1.54) is 6.07 Å². The molecule has 12 nitrogen and oxygen atoms in total. The van der Waals surface area contributed by atoms with Gasteiger partial charge >= 0.3 is 5.88 Å². The van der Waals surface area contributed by atoms with E-state index in [2.05, 4.69) is 22.2 Å². The zero-order valence-corrected chi connectivity index (χ0v) is 18.3. The third-order valence-electron chi connectivity index (χ3n) is 4.81. The summed E-state index contributed by atoms with van der Waals surface area (Å²) in [6.07, 6.45) is 2.75. The summed E-state index contributed by atoms with van der Waals surface area (Å²) in [4.78, 5) is 33.9. The lowest BCUT2D eigenvalue weighted by Crippen LogP contribution is -2.37. The molecule has 0 radical (unpaired) electrons. The molecule has 13 heteroatoms. The maximum atomic E-state index is 12.2. The van der Waals surface area contributed by atoms with Crippen molar-refractivity contribution < 1.29 is 18.9 Å². The van der Waals surface area contributed by atoms with Crippen molar-refractivity contribution >= 4 is 40.4 Å². The van der Waals surface area contributed by atoms with Crippen LogP contribution in [0.5, 0.6) is 0 Å². The minimum atomic E-state index is -0.688. The van der Waals surface area contributed by atoms with E-state index in [1.807, 2.05) is 0 Å². The number of morpholine rings is 1. The Hall–Kier alpha value is -3.19. The lowest BCUT2D eigenvalue weighted by molar-refractivity contribution is -0.402. The maximum Gasteiger partial charge on any atom is 0.433 e. The Bertz CT molecular complexity index is 1110. The number of thioether (sulfide) groups is 1. The summed E-state index contributed by atoms with van der Waals surface area (Å²) in [5, 5.41) is 19.4. The molecule has 1 amide bonds. The molecule has 170 valence electrons. The van der Waals surface area contributed by atoms with Gasteiger partial charge in [0.1, 0.15) is 10.7 Å². The molecule has 4 heterocycles. The molecule has 0 unspecified atom stereocenters. The van der Waals surface area contributed by atoms with Crippen molar-refractivity contribution in [3.8, 4) is 0 Å². The average molecular weight is 462 g/mol. The molecule has 32 heavy (non-hydrogen) atoms. The lowest BCUT2D eigenvalue weighted by atomic mass is 10.3. The zero-order valence-electron chi connectivity index (χ0n) is 17.5. The molecule has 0 bridgehead atoms. The van der Waals surface area contributed by atoms with Gasteiger partial charge in [-0.25, -0.2) is 14.6 Å². The van der Waals surface area contributed by atoms with E-state index in [1.54, 1.807) is 22.6 Å². The zero-order chi connectivity index (χ0) is 22.5. The summed E-state index contributed by atoms with van der Waals surface area (Å²) in [6, 6.07) is 2.42. The first-order valence-corrected chi connectivity index (χ1v) is 11.3. The van der Waals surface area contributed by atoms with Crippen molar-refractivity contribution in [3.63, 3.8) is 0 Å². The van der Waals surface area contributed by atoms with Crippen molar-refractivity contribution in [2.24, 2.45) is 0 Å². The summed E-state index contributed by atoms with van der Waals surface area (Å²) >= 11 is 1.60. The van der Waals surface area contributed by atoms with E-state index >= 15 is 0 Å². The molecule has 1 aliphatic rings. The van der Waals surface area contributed by atoms with Crippen molar-refractivity contribution in [2.45, 2.75) is 25.0 Å². The largest absolute Gasteiger partial charge is 0.433 e. The van der Waals surface area contributed by atoms with E-state index in [0.29, 0.717) is 30.6 Å². The maximum absolute atomic E-state index is 12.2. The third-order valence-corrected chi connectivity index (χ3v) is 5.86. The number of nitrogens with one attached hydrogen (secondary N) is 1. The highest BCUT2D eigenvalue weighted by molar-refractivity contribution is 7.99. The van der Waals surface area contributed by atoms with Crippen LogP contribution in [0, 0.1) is 10.1 Å². The number of aromatic nitrogens is 4. The van der Waals surface area contributed by atoms with Crippen LogP contribution in [-0.4, -0.2) is 69.2 Å². The second-order valence-electron chi connectivity index (χ2n) is 7.03. The van der Waals surface area contributed by atoms with E-state index in [-0.39, 0.29) is 12.3 Å². The number of carbonyl (C=O) groups excluding carboxylic acids is 1. The van der Waals surface area contributed by atoms with Crippen LogP contribution in [0.2, 0.25) is 0 Å². The second-order valence-corrected chi connectivity index (χ2v) is 8.10. The number of anilines is 1. The number of fused-ring (bicyclic) bond motifs is 1. The van der Waals surface area contributed by atoms with Crippen LogP contribution in [0.1, 0.15) is 23.9 Å². The number of hydrogen-bond donors (Lipinski definition) is 1. The summed E-state index contributed by atoms with van der Waals surface area (Å²) < 4.78 is 12.1. The van der Waals surface area contributed by atoms with Gasteiger partial charge in [0.2, 0.25) is 0 Å². The number of carbonyl (C=O) groups is 1. The molecule has 1 saturated heterocycles. The van der Waals surface area contributed by atoms with Gasteiger partial charge in [-0.05, 0) is 12.5 Å². The van der Waals surface area contributed by atoms with Gasteiger partial charge in [-0.3, -0.25) is 14.9 Å². The number of furan rings is 1. The lowest BCUT2D eigenvalue weighted by Gasteiger charge is -2.28. The molecule has 0 saturated carbocycles. The van der Waals surface area contributed by atoms with Gasteiger partial charge < -0.3 is 19.4 Å². The van der Waals surface area contributed by atoms with Crippen molar-refractivity contribution in [2.75, 3.05) is 43.5 Å². The van der Waals surface area contributed by atoms with E-state index in [0.717, 1.165) is 42.5 Å². The number of ether oxygens (including phenoxy) is 1.